The van der Waals surface area contributed by atoms with Crippen LogP contribution in [0.2, 0.25) is 0 Å². The molecule has 5 heteroatoms. The van der Waals surface area contributed by atoms with Gasteiger partial charge in [-0.05, 0) is 53.4 Å². The number of benzene rings is 1. The first-order chi connectivity index (χ1) is 10.8. The van der Waals surface area contributed by atoms with Crippen molar-refractivity contribution in [3.05, 3.63) is 29.8 Å². The maximum absolute atomic E-state index is 5.97. The van der Waals surface area contributed by atoms with E-state index >= 15 is 0 Å². The lowest BCUT2D eigenvalue weighted by molar-refractivity contribution is 0.196. The number of aryl methyl sites for hydroxylation is 1. The number of guanidine groups is 1. The van der Waals surface area contributed by atoms with Gasteiger partial charge >= 0.3 is 0 Å². The minimum absolute atomic E-state index is 0.0523. The van der Waals surface area contributed by atoms with Crippen molar-refractivity contribution in [3.63, 3.8) is 0 Å². The first-order valence-corrected chi connectivity index (χ1v) is 8.10. The third-order valence-electron chi connectivity index (χ3n) is 4.10. The Labute approximate surface area is 141 Å². The van der Waals surface area contributed by atoms with Crippen LogP contribution in [0.3, 0.4) is 0 Å². The monoisotopic (exact) mass is 320 g/mol. The molecule has 1 aromatic rings. The fourth-order valence-electron chi connectivity index (χ4n) is 1.87. The molecule has 0 spiro atoms. The first kappa shape index (κ1) is 19.3. The maximum atomic E-state index is 5.97. The standard InChI is InChI=1S/C18H32N4O/c1-14-10-8-9-11-16(14)23-15(2)12-20-17(19-5)21-13-18(3,4)22(6)7/h8-11,15H,12-13H2,1-7H3,(H2,19,20,21). The fourth-order valence-corrected chi connectivity index (χ4v) is 1.87. The molecule has 1 rings (SSSR count). The van der Waals surface area contributed by atoms with Crippen LogP contribution >= 0.6 is 0 Å². The molecule has 0 aromatic heterocycles. The molecule has 0 fully saturated rings. The quantitative estimate of drug-likeness (QED) is 0.598. The summed E-state index contributed by atoms with van der Waals surface area (Å²) in [4.78, 5) is 6.46. The Morgan fingerprint density at radius 2 is 1.91 bits per heavy atom. The second-order valence-corrected chi connectivity index (χ2v) is 6.71. The number of nitrogens with one attached hydrogen (secondary N) is 2. The van der Waals surface area contributed by atoms with Crippen molar-refractivity contribution in [1.29, 1.82) is 0 Å². The molecule has 23 heavy (non-hydrogen) atoms. The van der Waals surface area contributed by atoms with Crippen molar-refractivity contribution in [2.45, 2.75) is 39.3 Å². The van der Waals surface area contributed by atoms with Gasteiger partial charge in [-0.25, -0.2) is 0 Å². The summed E-state index contributed by atoms with van der Waals surface area (Å²) in [6.45, 7) is 9.99. The third-order valence-corrected chi connectivity index (χ3v) is 4.10. The molecule has 5 nitrogen and oxygen atoms in total. The first-order valence-electron chi connectivity index (χ1n) is 8.10. The van der Waals surface area contributed by atoms with Gasteiger partial charge in [0, 0.05) is 19.1 Å². The van der Waals surface area contributed by atoms with Crippen molar-refractivity contribution in [2.75, 3.05) is 34.2 Å². The zero-order chi connectivity index (χ0) is 17.5. The molecule has 0 aliphatic heterocycles. The zero-order valence-corrected chi connectivity index (χ0v) is 15.6. The van der Waals surface area contributed by atoms with Gasteiger partial charge in [0.1, 0.15) is 11.9 Å². The largest absolute Gasteiger partial charge is 0.489 e. The number of hydrogen-bond acceptors (Lipinski definition) is 3. The highest BCUT2D eigenvalue weighted by molar-refractivity contribution is 5.79. The second-order valence-electron chi connectivity index (χ2n) is 6.71. The van der Waals surface area contributed by atoms with Crippen LogP contribution in [0.25, 0.3) is 0 Å². The van der Waals surface area contributed by atoms with Crippen LogP contribution < -0.4 is 15.4 Å². The number of para-hydroxylation sites is 1. The average Bonchev–Trinajstić information content (AvgIpc) is 2.49. The van der Waals surface area contributed by atoms with Crippen LogP contribution in [0.1, 0.15) is 26.3 Å². The van der Waals surface area contributed by atoms with Gasteiger partial charge in [0.2, 0.25) is 0 Å². The molecular weight excluding hydrogens is 288 g/mol. The smallest absolute Gasteiger partial charge is 0.191 e. The predicted octanol–water partition coefficient (Wildman–Crippen LogP) is 2.27. The van der Waals surface area contributed by atoms with Crippen molar-refractivity contribution in [2.24, 2.45) is 4.99 Å². The molecule has 0 saturated heterocycles. The Hall–Kier alpha value is -1.75. The van der Waals surface area contributed by atoms with Gasteiger partial charge in [-0.3, -0.25) is 4.99 Å². The molecule has 1 unspecified atom stereocenters. The SMILES string of the molecule is CN=C(NCC(C)Oc1ccccc1C)NCC(C)(C)N(C)C. The summed E-state index contributed by atoms with van der Waals surface area (Å²) in [6.07, 6.45) is 0.0523. The van der Waals surface area contributed by atoms with E-state index in [9.17, 15) is 0 Å². The lowest BCUT2D eigenvalue weighted by Crippen LogP contribution is -2.51. The molecule has 0 aliphatic carbocycles. The van der Waals surface area contributed by atoms with Crippen LogP contribution in [-0.2, 0) is 0 Å². The highest BCUT2D eigenvalue weighted by atomic mass is 16.5. The molecule has 0 bridgehead atoms. The van der Waals surface area contributed by atoms with E-state index in [0.717, 1.165) is 23.8 Å². The van der Waals surface area contributed by atoms with Crippen LogP contribution in [0.5, 0.6) is 5.75 Å². The van der Waals surface area contributed by atoms with Crippen LogP contribution in [0.15, 0.2) is 29.3 Å². The van der Waals surface area contributed by atoms with E-state index in [1.807, 2.05) is 18.2 Å². The Kier molecular flexibility index (Phi) is 7.36. The van der Waals surface area contributed by atoms with Crippen molar-refractivity contribution < 1.29 is 4.74 Å². The Morgan fingerprint density at radius 1 is 1.26 bits per heavy atom. The topological polar surface area (TPSA) is 48.9 Å². The minimum atomic E-state index is 0.0523. The van der Waals surface area contributed by atoms with Crippen molar-refractivity contribution in [3.8, 4) is 5.75 Å². The summed E-state index contributed by atoms with van der Waals surface area (Å²) >= 11 is 0. The maximum Gasteiger partial charge on any atom is 0.191 e. The minimum Gasteiger partial charge on any atom is -0.489 e. The van der Waals surface area contributed by atoms with Gasteiger partial charge in [0.25, 0.3) is 0 Å². The number of hydrogen-bond donors (Lipinski definition) is 2. The van der Waals surface area contributed by atoms with E-state index in [0.29, 0.717) is 6.54 Å². The molecule has 0 heterocycles. The molecule has 130 valence electrons. The van der Waals surface area contributed by atoms with E-state index in [1.165, 1.54) is 0 Å². The van der Waals surface area contributed by atoms with E-state index in [4.69, 9.17) is 4.74 Å². The lowest BCUT2D eigenvalue weighted by Gasteiger charge is -2.33. The van der Waals surface area contributed by atoms with E-state index in [-0.39, 0.29) is 11.6 Å². The number of aliphatic imine (C=N–C) groups is 1. The van der Waals surface area contributed by atoms with Gasteiger partial charge in [0.15, 0.2) is 5.96 Å². The Bertz CT molecular complexity index is 511. The van der Waals surface area contributed by atoms with Gasteiger partial charge < -0.3 is 20.3 Å². The van der Waals surface area contributed by atoms with Crippen molar-refractivity contribution >= 4 is 5.96 Å². The molecule has 2 N–H and O–H groups in total. The van der Waals surface area contributed by atoms with E-state index in [2.05, 4.69) is 68.4 Å². The molecule has 1 atom stereocenters. The number of nitrogens with zero attached hydrogens (tertiary/aromatic N) is 2. The normalized spacial score (nSPS) is 13.8. The van der Waals surface area contributed by atoms with E-state index in [1.54, 1.807) is 7.05 Å². The fraction of sp³-hybridized carbons (Fsp3) is 0.611. The molecular formula is C18H32N4O. The molecule has 0 saturated carbocycles. The highest BCUT2D eigenvalue weighted by Crippen LogP contribution is 2.17. The van der Waals surface area contributed by atoms with Crippen LogP contribution in [0.4, 0.5) is 0 Å². The highest BCUT2D eigenvalue weighted by Gasteiger charge is 2.20. The Morgan fingerprint density at radius 3 is 2.48 bits per heavy atom. The molecule has 0 amide bonds. The van der Waals surface area contributed by atoms with Gasteiger partial charge in [0.05, 0.1) is 6.54 Å². The number of ether oxygens (including phenoxy) is 1. The molecule has 0 radical (unpaired) electrons. The number of rotatable bonds is 7. The zero-order valence-electron chi connectivity index (χ0n) is 15.6. The Balaban J connectivity index is 2.44. The van der Waals surface area contributed by atoms with Crippen LogP contribution in [-0.4, -0.2) is 56.7 Å². The van der Waals surface area contributed by atoms with Crippen LogP contribution in [0, 0.1) is 6.92 Å². The number of likely N-dealkylation sites (N-methyl/N-ethyl adjacent to an activating group) is 1. The average molecular weight is 320 g/mol. The summed E-state index contributed by atoms with van der Waals surface area (Å²) in [5.41, 5.74) is 1.20. The lowest BCUT2D eigenvalue weighted by atomic mass is 10.0. The second kappa shape index (κ2) is 8.77. The summed E-state index contributed by atoms with van der Waals surface area (Å²) in [5, 5.41) is 6.68. The van der Waals surface area contributed by atoms with Crippen molar-refractivity contribution in [1.82, 2.24) is 15.5 Å². The molecule has 1 aromatic carbocycles. The van der Waals surface area contributed by atoms with Gasteiger partial charge in [-0.15, -0.1) is 0 Å². The summed E-state index contributed by atoms with van der Waals surface area (Å²) < 4.78 is 5.97. The summed E-state index contributed by atoms with van der Waals surface area (Å²) in [6, 6.07) is 8.06. The third kappa shape index (κ3) is 6.48. The summed E-state index contributed by atoms with van der Waals surface area (Å²) in [5.74, 6) is 1.72. The van der Waals surface area contributed by atoms with E-state index < -0.39 is 0 Å². The van der Waals surface area contributed by atoms with Gasteiger partial charge in [-0.2, -0.15) is 0 Å². The molecule has 0 aliphatic rings. The summed E-state index contributed by atoms with van der Waals surface area (Å²) in [7, 11) is 5.94. The van der Waals surface area contributed by atoms with Gasteiger partial charge in [-0.1, -0.05) is 18.2 Å². The predicted molar refractivity (Wildman–Crippen MR) is 98.4 cm³/mol.